The average molecular weight is 284 g/mol. The molecule has 0 radical (unpaired) electrons. The van der Waals surface area contributed by atoms with Crippen molar-refractivity contribution < 1.29 is 4.74 Å². The van der Waals surface area contributed by atoms with Crippen molar-refractivity contribution in [3.05, 3.63) is 41.2 Å². The number of benzene rings is 1. The van der Waals surface area contributed by atoms with Gasteiger partial charge >= 0.3 is 0 Å². The normalized spacial score (nSPS) is 16.4. The van der Waals surface area contributed by atoms with E-state index < -0.39 is 0 Å². The highest BCUT2D eigenvalue weighted by Gasteiger charge is 2.24. The molecule has 2 aromatic rings. The van der Waals surface area contributed by atoms with Gasteiger partial charge in [0.1, 0.15) is 29.8 Å². The van der Waals surface area contributed by atoms with E-state index in [1.54, 1.807) is 0 Å². The molecule has 5 nitrogen and oxygen atoms in total. The smallest absolute Gasteiger partial charge is 0.135 e. The lowest BCUT2D eigenvalue weighted by Gasteiger charge is -2.16. The summed E-state index contributed by atoms with van der Waals surface area (Å²) in [6, 6.07) is 8.16. The van der Waals surface area contributed by atoms with E-state index in [0.29, 0.717) is 12.4 Å². The first-order chi connectivity index (χ1) is 10.2. The molecule has 0 amide bonds. The van der Waals surface area contributed by atoms with Gasteiger partial charge in [-0.1, -0.05) is 25.1 Å². The number of nitrogens with two attached hydrogens (primary N) is 1. The molecule has 2 heterocycles. The van der Waals surface area contributed by atoms with Crippen molar-refractivity contribution in [2.24, 2.45) is 0 Å². The van der Waals surface area contributed by atoms with Gasteiger partial charge in [0.15, 0.2) is 0 Å². The topological polar surface area (TPSA) is 73.1 Å². The van der Waals surface area contributed by atoms with E-state index in [9.17, 15) is 0 Å². The Kier molecular flexibility index (Phi) is 3.64. The van der Waals surface area contributed by atoms with Crippen molar-refractivity contribution in [2.75, 3.05) is 17.7 Å². The van der Waals surface area contributed by atoms with Crippen LogP contribution in [0, 0.1) is 6.92 Å². The van der Waals surface area contributed by atoms with E-state index in [1.165, 1.54) is 0 Å². The van der Waals surface area contributed by atoms with Gasteiger partial charge in [0.2, 0.25) is 0 Å². The van der Waals surface area contributed by atoms with Crippen molar-refractivity contribution in [1.29, 1.82) is 0 Å². The lowest BCUT2D eigenvalue weighted by Crippen LogP contribution is -2.16. The molecule has 1 atom stereocenters. The fraction of sp³-hybridized carbons (Fsp3) is 0.375. The van der Waals surface area contributed by atoms with Crippen LogP contribution in [0.4, 0.5) is 11.6 Å². The number of aromatic nitrogens is 2. The van der Waals surface area contributed by atoms with Gasteiger partial charge in [0.25, 0.3) is 0 Å². The first-order valence-electron chi connectivity index (χ1n) is 7.30. The van der Waals surface area contributed by atoms with Crippen LogP contribution < -0.4 is 15.8 Å². The summed E-state index contributed by atoms with van der Waals surface area (Å²) >= 11 is 0. The minimum atomic E-state index is 0.101. The molecule has 110 valence electrons. The molecule has 3 rings (SSSR count). The number of nitrogens with zero attached hydrogens (tertiary/aromatic N) is 2. The van der Waals surface area contributed by atoms with Gasteiger partial charge in [-0.15, -0.1) is 0 Å². The molecule has 0 spiro atoms. The summed E-state index contributed by atoms with van der Waals surface area (Å²) in [5, 5.41) is 3.45. The van der Waals surface area contributed by atoms with Gasteiger partial charge in [-0.05, 0) is 19.4 Å². The van der Waals surface area contributed by atoms with Gasteiger partial charge < -0.3 is 15.8 Å². The third-order valence-electron chi connectivity index (χ3n) is 3.71. The summed E-state index contributed by atoms with van der Waals surface area (Å²) in [5.74, 6) is 3.07. The van der Waals surface area contributed by atoms with Gasteiger partial charge in [-0.2, -0.15) is 0 Å². The largest absolute Gasteiger partial charge is 0.491 e. The Balaban J connectivity index is 1.89. The Morgan fingerprint density at radius 1 is 1.33 bits per heavy atom. The Morgan fingerprint density at radius 3 is 2.95 bits per heavy atom. The fourth-order valence-corrected chi connectivity index (χ4v) is 2.51. The standard InChI is InChI=1S/C16H20N4O/c1-3-6-14-19-15(17)10(2)16(20-14)18-12-9-21-13-8-5-4-7-11(12)13/h4-5,7-8,12H,3,6,9H2,1-2H3,(H3,17,18,19,20). The number of rotatable bonds is 4. The highest BCUT2D eigenvalue weighted by Crippen LogP contribution is 2.34. The lowest BCUT2D eigenvalue weighted by molar-refractivity contribution is 0.339. The molecular formula is C16H20N4O. The predicted molar refractivity (Wildman–Crippen MR) is 83.5 cm³/mol. The van der Waals surface area contributed by atoms with Gasteiger partial charge in [0, 0.05) is 17.5 Å². The van der Waals surface area contributed by atoms with E-state index in [-0.39, 0.29) is 6.04 Å². The fourth-order valence-electron chi connectivity index (χ4n) is 2.51. The zero-order valence-electron chi connectivity index (χ0n) is 12.4. The summed E-state index contributed by atoms with van der Waals surface area (Å²) in [5.41, 5.74) is 8.04. The third-order valence-corrected chi connectivity index (χ3v) is 3.71. The van der Waals surface area contributed by atoms with Crippen LogP contribution in [0.1, 0.15) is 36.3 Å². The van der Waals surface area contributed by atoms with E-state index in [0.717, 1.165) is 41.4 Å². The van der Waals surface area contributed by atoms with Crippen LogP contribution in [0.5, 0.6) is 5.75 Å². The van der Waals surface area contributed by atoms with Crippen LogP contribution in [0.25, 0.3) is 0 Å². The van der Waals surface area contributed by atoms with Crippen LogP contribution in [0.3, 0.4) is 0 Å². The van der Waals surface area contributed by atoms with Crippen LogP contribution >= 0.6 is 0 Å². The number of fused-ring (bicyclic) bond motifs is 1. The minimum Gasteiger partial charge on any atom is -0.491 e. The van der Waals surface area contributed by atoms with Crippen LogP contribution in [0.15, 0.2) is 24.3 Å². The Bertz CT molecular complexity index is 657. The minimum absolute atomic E-state index is 0.101. The first-order valence-corrected chi connectivity index (χ1v) is 7.30. The van der Waals surface area contributed by atoms with Crippen LogP contribution in [-0.2, 0) is 6.42 Å². The van der Waals surface area contributed by atoms with Crippen LogP contribution in [0.2, 0.25) is 0 Å². The predicted octanol–water partition coefficient (Wildman–Crippen LogP) is 2.87. The van der Waals surface area contributed by atoms with Gasteiger partial charge in [-0.3, -0.25) is 0 Å². The molecule has 21 heavy (non-hydrogen) atoms. The molecule has 1 aliphatic rings. The van der Waals surface area contributed by atoms with E-state index in [4.69, 9.17) is 10.5 Å². The van der Waals surface area contributed by atoms with Crippen LogP contribution in [-0.4, -0.2) is 16.6 Å². The molecule has 0 aliphatic carbocycles. The summed E-state index contributed by atoms with van der Waals surface area (Å²) in [4.78, 5) is 8.94. The SMILES string of the molecule is CCCc1nc(N)c(C)c(NC2COc3ccccc32)n1. The van der Waals surface area contributed by atoms with E-state index in [1.807, 2.05) is 25.1 Å². The number of anilines is 2. The highest BCUT2D eigenvalue weighted by molar-refractivity contribution is 5.57. The third kappa shape index (κ3) is 2.63. The molecule has 1 unspecified atom stereocenters. The number of ether oxygens (including phenoxy) is 1. The molecule has 3 N–H and O–H groups in total. The summed E-state index contributed by atoms with van der Waals surface area (Å²) < 4.78 is 5.69. The maximum atomic E-state index is 6.00. The highest BCUT2D eigenvalue weighted by atomic mass is 16.5. The Labute approximate surface area is 124 Å². The molecule has 0 saturated carbocycles. The molecule has 5 heteroatoms. The maximum absolute atomic E-state index is 6.00. The zero-order chi connectivity index (χ0) is 14.8. The second-order valence-electron chi connectivity index (χ2n) is 5.29. The molecule has 1 aromatic carbocycles. The Hall–Kier alpha value is -2.30. The maximum Gasteiger partial charge on any atom is 0.135 e. The van der Waals surface area contributed by atoms with E-state index in [2.05, 4.69) is 28.3 Å². The summed E-state index contributed by atoms with van der Waals surface area (Å²) in [6.45, 7) is 4.65. The van der Waals surface area contributed by atoms with Crippen molar-refractivity contribution in [3.8, 4) is 5.75 Å². The number of hydrogen-bond donors (Lipinski definition) is 2. The molecule has 1 aliphatic heterocycles. The lowest BCUT2D eigenvalue weighted by atomic mass is 10.1. The monoisotopic (exact) mass is 284 g/mol. The second-order valence-corrected chi connectivity index (χ2v) is 5.29. The molecule has 0 bridgehead atoms. The quantitative estimate of drug-likeness (QED) is 0.903. The van der Waals surface area contributed by atoms with Crippen molar-refractivity contribution in [1.82, 2.24) is 9.97 Å². The van der Waals surface area contributed by atoms with Crippen molar-refractivity contribution in [3.63, 3.8) is 0 Å². The number of nitrogen functional groups attached to an aromatic ring is 1. The molecule has 0 saturated heterocycles. The molecule has 0 fully saturated rings. The van der Waals surface area contributed by atoms with E-state index >= 15 is 0 Å². The Morgan fingerprint density at radius 2 is 2.14 bits per heavy atom. The summed E-state index contributed by atoms with van der Waals surface area (Å²) in [7, 11) is 0. The van der Waals surface area contributed by atoms with Gasteiger partial charge in [-0.25, -0.2) is 9.97 Å². The van der Waals surface area contributed by atoms with Crippen molar-refractivity contribution in [2.45, 2.75) is 32.7 Å². The first kappa shape index (κ1) is 13.7. The number of nitrogens with one attached hydrogen (secondary N) is 1. The number of hydrogen-bond acceptors (Lipinski definition) is 5. The number of aryl methyl sites for hydroxylation is 1. The number of para-hydroxylation sites is 1. The molecular weight excluding hydrogens is 264 g/mol. The van der Waals surface area contributed by atoms with Crippen molar-refractivity contribution >= 4 is 11.6 Å². The van der Waals surface area contributed by atoms with Gasteiger partial charge in [0.05, 0.1) is 6.04 Å². The summed E-state index contributed by atoms with van der Waals surface area (Å²) in [6.07, 6.45) is 1.83. The average Bonchev–Trinajstić information content (AvgIpc) is 2.88. The molecule has 1 aromatic heterocycles. The second kappa shape index (κ2) is 5.60. The zero-order valence-corrected chi connectivity index (χ0v) is 12.4.